The van der Waals surface area contributed by atoms with Crippen molar-refractivity contribution in [3.8, 4) is 0 Å². The van der Waals surface area contributed by atoms with E-state index in [0.29, 0.717) is 23.4 Å². The third kappa shape index (κ3) is 4.90. The van der Waals surface area contributed by atoms with Gasteiger partial charge < -0.3 is 10.1 Å². The van der Waals surface area contributed by atoms with Gasteiger partial charge in [-0.3, -0.25) is 14.9 Å². The number of nitro groups is 2. The number of hydrogen-bond acceptors (Lipinski definition) is 7. The lowest BCUT2D eigenvalue weighted by molar-refractivity contribution is -0.389. The van der Waals surface area contributed by atoms with Crippen LogP contribution in [0, 0.1) is 27.2 Å². The van der Waals surface area contributed by atoms with Crippen molar-refractivity contribution in [1.82, 2.24) is 15.2 Å². The maximum Gasteiger partial charge on any atom is 0.390 e. The van der Waals surface area contributed by atoms with Gasteiger partial charge in [0.1, 0.15) is 0 Å². The number of hydrogen-bond donors (Lipinski definition) is 1. The number of nitrogens with one attached hydrogen (secondary N) is 1. The molecule has 1 aromatic heterocycles. The molecule has 30 heavy (non-hydrogen) atoms. The molecule has 0 saturated carbocycles. The Balaban J connectivity index is 1.59. The predicted molar refractivity (Wildman–Crippen MR) is 107 cm³/mol. The number of aromatic nitrogens is 2. The van der Waals surface area contributed by atoms with Gasteiger partial charge in [-0.05, 0) is 47.2 Å². The van der Waals surface area contributed by atoms with E-state index in [-0.39, 0.29) is 11.5 Å². The maximum absolute atomic E-state index is 12.2. The van der Waals surface area contributed by atoms with E-state index in [1.54, 1.807) is 31.2 Å². The van der Waals surface area contributed by atoms with Crippen molar-refractivity contribution in [2.24, 2.45) is 5.10 Å². The summed E-state index contributed by atoms with van der Waals surface area (Å²) in [7, 11) is 0. The average Bonchev–Trinajstić information content (AvgIpc) is 3.09. The van der Waals surface area contributed by atoms with Crippen LogP contribution in [0.3, 0.4) is 0 Å². The lowest BCUT2D eigenvalue weighted by Gasteiger charge is -2.03. The number of amides is 1. The van der Waals surface area contributed by atoms with Crippen LogP contribution in [-0.2, 0) is 6.54 Å². The Bertz CT molecular complexity index is 1120. The molecule has 1 N–H and O–H groups in total. The van der Waals surface area contributed by atoms with Gasteiger partial charge in [0.15, 0.2) is 0 Å². The number of carbonyl (C=O) groups excluding carboxylic acids is 1. The smallest absolute Gasteiger partial charge is 0.358 e. The third-order valence-electron chi connectivity index (χ3n) is 4.19. The van der Waals surface area contributed by atoms with Crippen LogP contribution in [0.1, 0.15) is 27.2 Å². The van der Waals surface area contributed by atoms with Crippen LogP contribution in [0.2, 0.25) is 0 Å². The molecule has 2 aromatic carbocycles. The van der Waals surface area contributed by atoms with Crippen molar-refractivity contribution in [3.05, 3.63) is 97.2 Å². The maximum atomic E-state index is 12.2. The fourth-order valence-electron chi connectivity index (χ4n) is 2.59. The first-order valence-corrected chi connectivity index (χ1v) is 8.69. The first-order chi connectivity index (χ1) is 14.3. The number of rotatable bonds is 7. The summed E-state index contributed by atoms with van der Waals surface area (Å²) >= 11 is 0. The van der Waals surface area contributed by atoms with E-state index in [4.69, 9.17) is 0 Å². The van der Waals surface area contributed by atoms with Crippen LogP contribution in [0.4, 0.5) is 11.5 Å². The number of hydrazone groups is 1. The first-order valence-electron chi connectivity index (χ1n) is 8.69. The highest BCUT2D eigenvalue weighted by Crippen LogP contribution is 2.14. The molecule has 0 unspecified atom stereocenters. The van der Waals surface area contributed by atoms with Crippen molar-refractivity contribution in [1.29, 1.82) is 0 Å². The van der Waals surface area contributed by atoms with E-state index in [9.17, 15) is 25.0 Å². The minimum atomic E-state index is -0.547. The number of aryl methyl sites for hydroxylation is 1. The van der Waals surface area contributed by atoms with Crippen molar-refractivity contribution in [2.75, 3.05) is 0 Å². The number of benzene rings is 2. The SMILES string of the molecule is Cc1cc([N+](=O)[O-])nn1Cc1ccc(C(=O)N/N=C\c2ccc([N+](=O)[O-])cc2)cc1. The van der Waals surface area contributed by atoms with Gasteiger partial charge >= 0.3 is 5.82 Å². The van der Waals surface area contributed by atoms with E-state index in [2.05, 4.69) is 15.6 Å². The molecular weight excluding hydrogens is 392 g/mol. The van der Waals surface area contributed by atoms with Gasteiger partial charge in [-0.2, -0.15) is 9.78 Å². The minimum Gasteiger partial charge on any atom is -0.358 e. The molecule has 0 aliphatic heterocycles. The molecule has 11 heteroatoms. The Hall–Kier alpha value is -4.41. The first kappa shape index (κ1) is 20.3. The van der Waals surface area contributed by atoms with Gasteiger partial charge in [0.05, 0.1) is 34.5 Å². The van der Waals surface area contributed by atoms with E-state index >= 15 is 0 Å². The zero-order valence-electron chi connectivity index (χ0n) is 15.8. The lowest BCUT2D eigenvalue weighted by atomic mass is 10.1. The Morgan fingerprint density at radius 3 is 2.33 bits per heavy atom. The third-order valence-corrected chi connectivity index (χ3v) is 4.19. The molecule has 0 bridgehead atoms. The summed E-state index contributed by atoms with van der Waals surface area (Å²) in [6.45, 7) is 2.06. The van der Waals surface area contributed by atoms with E-state index in [0.717, 1.165) is 5.56 Å². The molecule has 1 amide bonds. The molecular formula is C19H16N6O5. The monoisotopic (exact) mass is 408 g/mol. The van der Waals surface area contributed by atoms with Crippen LogP contribution in [-0.4, -0.2) is 31.7 Å². The highest BCUT2D eigenvalue weighted by molar-refractivity contribution is 5.94. The molecule has 0 spiro atoms. The summed E-state index contributed by atoms with van der Waals surface area (Å²) in [5.41, 5.74) is 4.80. The molecule has 3 rings (SSSR count). The Kier molecular flexibility index (Phi) is 5.92. The second-order valence-electron chi connectivity index (χ2n) is 6.30. The van der Waals surface area contributed by atoms with E-state index < -0.39 is 15.8 Å². The zero-order chi connectivity index (χ0) is 21.7. The molecule has 3 aromatic rings. The van der Waals surface area contributed by atoms with Crippen LogP contribution in [0.25, 0.3) is 0 Å². The molecule has 0 aliphatic rings. The molecule has 0 atom stereocenters. The van der Waals surface area contributed by atoms with Gasteiger partial charge in [0.25, 0.3) is 11.6 Å². The standard InChI is InChI=1S/C19H16N6O5/c1-13-10-18(25(29)30)22-23(13)12-15-2-6-16(7-3-15)19(26)21-20-11-14-4-8-17(9-5-14)24(27)28/h2-11H,12H2,1H3,(H,21,26)/b20-11-. The molecule has 0 saturated heterocycles. The van der Waals surface area contributed by atoms with Gasteiger partial charge in [-0.1, -0.05) is 12.1 Å². The largest absolute Gasteiger partial charge is 0.390 e. The number of nitro benzene ring substituents is 1. The Morgan fingerprint density at radius 2 is 1.77 bits per heavy atom. The zero-order valence-corrected chi connectivity index (χ0v) is 15.8. The van der Waals surface area contributed by atoms with Crippen LogP contribution < -0.4 is 5.43 Å². The van der Waals surface area contributed by atoms with Gasteiger partial charge in [-0.25, -0.2) is 5.43 Å². The summed E-state index contributed by atoms with van der Waals surface area (Å²) in [5.74, 6) is -0.639. The van der Waals surface area contributed by atoms with Crippen molar-refractivity contribution < 1.29 is 14.6 Å². The molecule has 0 aliphatic carbocycles. The summed E-state index contributed by atoms with van der Waals surface area (Å²) in [6, 6.07) is 13.8. The lowest BCUT2D eigenvalue weighted by Crippen LogP contribution is -2.17. The normalized spacial score (nSPS) is 10.8. The van der Waals surface area contributed by atoms with Crippen LogP contribution in [0.15, 0.2) is 59.7 Å². The number of nitrogens with zero attached hydrogens (tertiary/aromatic N) is 5. The summed E-state index contributed by atoms with van der Waals surface area (Å²) in [5, 5.41) is 29.2. The van der Waals surface area contributed by atoms with Crippen molar-refractivity contribution in [2.45, 2.75) is 13.5 Å². The Morgan fingerprint density at radius 1 is 1.10 bits per heavy atom. The minimum absolute atomic E-state index is 0.0313. The fraction of sp³-hybridized carbons (Fsp3) is 0.105. The van der Waals surface area contributed by atoms with Gasteiger partial charge in [-0.15, -0.1) is 0 Å². The second kappa shape index (κ2) is 8.73. The fourth-order valence-corrected chi connectivity index (χ4v) is 2.59. The average molecular weight is 408 g/mol. The van der Waals surface area contributed by atoms with Crippen molar-refractivity contribution in [3.63, 3.8) is 0 Å². The topological polar surface area (TPSA) is 146 Å². The summed E-state index contributed by atoms with van der Waals surface area (Å²) in [4.78, 5) is 32.6. The Labute approximate surface area is 169 Å². The van der Waals surface area contributed by atoms with Crippen molar-refractivity contribution >= 4 is 23.6 Å². The van der Waals surface area contributed by atoms with Gasteiger partial charge in [0.2, 0.25) is 0 Å². The second-order valence-corrected chi connectivity index (χ2v) is 6.30. The van der Waals surface area contributed by atoms with Crippen LogP contribution >= 0.6 is 0 Å². The van der Waals surface area contributed by atoms with Gasteiger partial charge in [0, 0.05) is 17.7 Å². The van der Waals surface area contributed by atoms with Crippen LogP contribution in [0.5, 0.6) is 0 Å². The molecule has 1 heterocycles. The highest BCUT2D eigenvalue weighted by atomic mass is 16.6. The quantitative estimate of drug-likeness (QED) is 0.361. The molecule has 11 nitrogen and oxygen atoms in total. The summed E-state index contributed by atoms with van der Waals surface area (Å²) in [6.07, 6.45) is 1.38. The number of carbonyl (C=O) groups is 1. The van der Waals surface area contributed by atoms with E-state index in [1.165, 1.54) is 41.2 Å². The molecule has 0 radical (unpaired) electrons. The predicted octanol–water partition coefficient (Wildman–Crippen LogP) is 2.82. The molecule has 152 valence electrons. The van der Waals surface area contributed by atoms with E-state index in [1.807, 2.05) is 0 Å². The summed E-state index contributed by atoms with van der Waals surface area (Å²) < 4.78 is 1.52. The molecule has 0 fully saturated rings. The highest BCUT2D eigenvalue weighted by Gasteiger charge is 2.15. The number of non-ortho nitro benzene ring substituents is 1.